The molecule has 0 atom stereocenters. The van der Waals surface area contributed by atoms with E-state index in [0.29, 0.717) is 28.2 Å². The Kier molecular flexibility index (Phi) is 5.26. The van der Waals surface area contributed by atoms with Gasteiger partial charge in [0, 0.05) is 23.7 Å². The van der Waals surface area contributed by atoms with E-state index >= 15 is 0 Å². The van der Waals surface area contributed by atoms with E-state index in [9.17, 15) is 14.9 Å². The number of carbonyl (C=O) groups is 1. The average molecular weight is 476 g/mol. The molecule has 7 nitrogen and oxygen atoms in total. The minimum absolute atomic E-state index is 0.0103. The molecule has 2 aromatic rings. The first-order valence-corrected chi connectivity index (χ1v) is 9.19. The number of nitro benzene ring substituents is 1. The molecular weight excluding hydrogens is 459 g/mol. The summed E-state index contributed by atoms with van der Waals surface area (Å²) in [7, 11) is 3.49. The zero-order valence-corrected chi connectivity index (χ0v) is 17.2. The van der Waals surface area contributed by atoms with Crippen LogP contribution in [-0.4, -0.2) is 30.6 Å². The minimum atomic E-state index is -0.424. The van der Waals surface area contributed by atoms with E-state index in [1.54, 1.807) is 44.1 Å². The van der Waals surface area contributed by atoms with Gasteiger partial charge in [-0.2, -0.15) is 10.1 Å². The Labute approximate surface area is 170 Å². The summed E-state index contributed by atoms with van der Waals surface area (Å²) in [5.74, 6) is -0.256. The smallest absolute Gasteiger partial charge is 0.293 e. The van der Waals surface area contributed by atoms with Crippen LogP contribution in [0.3, 0.4) is 0 Å². The van der Waals surface area contributed by atoms with Crippen molar-refractivity contribution in [2.75, 3.05) is 24.0 Å². The predicted octanol–water partition coefficient (Wildman–Crippen LogP) is 4.07. The summed E-state index contributed by atoms with van der Waals surface area (Å²) in [6.07, 6.45) is 1.64. The van der Waals surface area contributed by atoms with Gasteiger partial charge in [0.1, 0.15) is 5.69 Å². The zero-order chi connectivity index (χ0) is 19.7. The number of hydrogen-bond acceptors (Lipinski definition) is 5. The van der Waals surface area contributed by atoms with E-state index in [-0.39, 0.29) is 11.6 Å². The third-order valence-electron chi connectivity index (χ3n) is 4.12. The lowest BCUT2D eigenvalue weighted by molar-refractivity contribution is -0.384. The molecule has 2 aromatic carbocycles. The van der Waals surface area contributed by atoms with Crippen molar-refractivity contribution in [3.63, 3.8) is 0 Å². The summed E-state index contributed by atoms with van der Waals surface area (Å²) in [6, 6.07) is 12.4. The van der Waals surface area contributed by atoms with Gasteiger partial charge in [0.05, 0.1) is 21.9 Å². The summed E-state index contributed by atoms with van der Waals surface area (Å²) in [5, 5.41) is 17.1. The molecule has 138 valence electrons. The fraction of sp³-hybridized carbons (Fsp3) is 0.158. The molecule has 27 heavy (non-hydrogen) atoms. The quantitative estimate of drug-likeness (QED) is 0.289. The Hall–Kier alpha value is -2.75. The second-order valence-corrected chi connectivity index (χ2v) is 7.48. The van der Waals surface area contributed by atoms with Crippen LogP contribution in [0.15, 0.2) is 53.1 Å². The first-order chi connectivity index (χ1) is 12.8. The summed E-state index contributed by atoms with van der Waals surface area (Å²) in [4.78, 5) is 25.4. The van der Waals surface area contributed by atoms with E-state index in [1.807, 2.05) is 24.3 Å². The molecule has 3 rings (SSSR count). The maximum atomic E-state index is 12.8. The second-order valence-electron chi connectivity index (χ2n) is 6.24. The number of hydrazone groups is 1. The monoisotopic (exact) mass is 476 g/mol. The highest BCUT2D eigenvalue weighted by atomic mass is 127. The standard InChI is InChI=1S/C19H17IN4O3/c1-12-16(19(25)23(21-12)15-7-5-14(20)6-8-15)10-13-4-9-17(22(2)3)18(11-13)24(26)27/h4-11H,1-3H3/b16-10-. The van der Waals surface area contributed by atoms with Gasteiger partial charge in [0.2, 0.25) is 0 Å². The Bertz CT molecular complexity index is 981. The highest BCUT2D eigenvalue weighted by molar-refractivity contribution is 14.1. The Balaban J connectivity index is 1.97. The molecule has 0 aliphatic carbocycles. The highest BCUT2D eigenvalue weighted by Crippen LogP contribution is 2.30. The SMILES string of the molecule is CC1=NN(c2ccc(I)cc2)C(=O)/C1=C\c1ccc(N(C)C)c([N+](=O)[O-])c1. The van der Waals surface area contributed by atoms with Gasteiger partial charge in [-0.1, -0.05) is 6.07 Å². The molecule has 0 unspecified atom stereocenters. The Morgan fingerprint density at radius 3 is 2.44 bits per heavy atom. The van der Waals surface area contributed by atoms with Gasteiger partial charge in [0.25, 0.3) is 11.6 Å². The van der Waals surface area contributed by atoms with Crippen molar-refractivity contribution >= 4 is 57.3 Å². The van der Waals surface area contributed by atoms with Crippen LogP contribution >= 0.6 is 22.6 Å². The molecule has 1 aliphatic heterocycles. The molecule has 0 saturated heterocycles. The highest BCUT2D eigenvalue weighted by Gasteiger charge is 2.29. The first kappa shape index (κ1) is 19.0. The summed E-state index contributed by atoms with van der Waals surface area (Å²) in [5.41, 5.74) is 2.74. The van der Waals surface area contributed by atoms with E-state index < -0.39 is 4.92 Å². The van der Waals surface area contributed by atoms with Crippen LogP contribution in [0, 0.1) is 13.7 Å². The van der Waals surface area contributed by atoms with E-state index in [0.717, 1.165) is 3.57 Å². The number of nitrogens with zero attached hydrogens (tertiary/aromatic N) is 4. The maximum Gasteiger partial charge on any atom is 0.293 e. The number of anilines is 2. The van der Waals surface area contributed by atoms with E-state index in [4.69, 9.17) is 0 Å². The van der Waals surface area contributed by atoms with E-state index in [1.165, 1.54) is 11.1 Å². The normalized spacial score (nSPS) is 15.3. The lowest BCUT2D eigenvalue weighted by Gasteiger charge is -2.13. The number of benzene rings is 2. The van der Waals surface area contributed by atoms with Gasteiger partial charge in [0.15, 0.2) is 0 Å². The topological polar surface area (TPSA) is 79.0 Å². The maximum absolute atomic E-state index is 12.8. The fourth-order valence-electron chi connectivity index (χ4n) is 2.76. The van der Waals surface area contributed by atoms with Crippen LogP contribution in [0.5, 0.6) is 0 Å². The molecule has 1 amide bonds. The van der Waals surface area contributed by atoms with Gasteiger partial charge in [-0.25, -0.2) is 0 Å². The first-order valence-electron chi connectivity index (χ1n) is 8.11. The van der Waals surface area contributed by atoms with Crippen molar-refractivity contribution in [2.45, 2.75) is 6.92 Å². The number of carbonyl (C=O) groups excluding carboxylic acids is 1. The van der Waals surface area contributed by atoms with Crippen LogP contribution in [0.4, 0.5) is 17.1 Å². The van der Waals surface area contributed by atoms with Crippen molar-refractivity contribution in [1.82, 2.24) is 0 Å². The molecule has 0 radical (unpaired) electrons. The molecule has 1 heterocycles. The molecule has 0 saturated carbocycles. The number of hydrogen-bond donors (Lipinski definition) is 0. The third kappa shape index (κ3) is 3.85. The van der Waals surface area contributed by atoms with Crippen molar-refractivity contribution in [3.05, 3.63) is 67.3 Å². The van der Waals surface area contributed by atoms with Gasteiger partial charge in [-0.05, 0) is 71.5 Å². The van der Waals surface area contributed by atoms with Crippen LogP contribution in [-0.2, 0) is 4.79 Å². The number of amides is 1. The Morgan fingerprint density at radius 2 is 1.85 bits per heavy atom. The predicted molar refractivity (Wildman–Crippen MR) is 115 cm³/mol. The fourth-order valence-corrected chi connectivity index (χ4v) is 3.12. The lowest BCUT2D eigenvalue weighted by atomic mass is 10.1. The Morgan fingerprint density at radius 1 is 1.19 bits per heavy atom. The van der Waals surface area contributed by atoms with Gasteiger partial charge < -0.3 is 4.90 Å². The summed E-state index contributed by atoms with van der Waals surface area (Å²) < 4.78 is 1.06. The molecule has 0 bridgehead atoms. The van der Waals surface area contributed by atoms with Crippen LogP contribution < -0.4 is 9.91 Å². The number of halogens is 1. The van der Waals surface area contributed by atoms with Gasteiger partial charge in [-0.15, -0.1) is 0 Å². The minimum Gasteiger partial charge on any atom is -0.372 e. The third-order valence-corrected chi connectivity index (χ3v) is 4.84. The molecule has 8 heteroatoms. The molecule has 1 aliphatic rings. The van der Waals surface area contributed by atoms with Crippen LogP contribution in [0.1, 0.15) is 12.5 Å². The van der Waals surface area contributed by atoms with Crippen molar-refractivity contribution in [3.8, 4) is 0 Å². The summed E-state index contributed by atoms with van der Waals surface area (Å²) >= 11 is 2.19. The van der Waals surface area contributed by atoms with Crippen LogP contribution in [0.25, 0.3) is 6.08 Å². The molecule has 0 fully saturated rings. The van der Waals surface area contributed by atoms with Crippen molar-refractivity contribution < 1.29 is 9.72 Å². The van der Waals surface area contributed by atoms with E-state index in [2.05, 4.69) is 27.7 Å². The second kappa shape index (κ2) is 7.47. The average Bonchev–Trinajstić information content (AvgIpc) is 2.90. The van der Waals surface area contributed by atoms with Gasteiger partial charge >= 0.3 is 0 Å². The molecule has 0 aromatic heterocycles. The molecular formula is C19H17IN4O3. The number of rotatable bonds is 4. The molecule has 0 N–H and O–H groups in total. The van der Waals surface area contributed by atoms with Crippen molar-refractivity contribution in [2.24, 2.45) is 5.10 Å². The molecule has 0 spiro atoms. The number of nitro groups is 1. The van der Waals surface area contributed by atoms with Gasteiger partial charge in [-0.3, -0.25) is 14.9 Å². The zero-order valence-electron chi connectivity index (χ0n) is 15.0. The van der Waals surface area contributed by atoms with Crippen LogP contribution in [0.2, 0.25) is 0 Å². The summed E-state index contributed by atoms with van der Waals surface area (Å²) in [6.45, 7) is 1.75. The largest absolute Gasteiger partial charge is 0.372 e. The lowest BCUT2D eigenvalue weighted by Crippen LogP contribution is -2.21. The van der Waals surface area contributed by atoms with Crippen molar-refractivity contribution in [1.29, 1.82) is 0 Å².